The van der Waals surface area contributed by atoms with Gasteiger partial charge in [-0.05, 0) is 25.0 Å². The minimum atomic E-state index is -0.481. The van der Waals surface area contributed by atoms with E-state index in [1.54, 1.807) is 24.3 Å². The first-order valence-electron chi connectivity index (χ1n) is 6.45. The summed E-state index contributed by atoms with van der Waals surface area (Å²) in [5, 5.41) is 2.34. The SMILES string of the molecule is CNC(=O)OCCCCN1C(=O)c2ccccc2C1=O. The van der Waals surface area contributed by atoms with Crippen molar-refractivity contribution in [3.63, 3.8) is 0 Å². The molecule has 0 bridgehead atoms. The van der Waals surface area contributed by atoms with Crippen molar-refractivity contribution >= 4 is 17.9 Å². The maximum Gasteiger partial charge on any atom is 0.406 e. The van der Waals surface area contributed by atoms with E-state index < -0.39 is 6.09 Å². The molecule has 0 saturated heterocycles. The topological polar surface area (TPSA) is 75.7 Å². The predicted octanol–water partition coefficient (Wildman–Crippen LogP) is 1.42. The fourth-order valence-corrected chi connectivity index (χ4v) is 2.05. The number of nitrogens with one attached hydrogen (secondary N) is 1. The Morgan fingerprint density at radius 1 is 1.15 bits per heavy atom. The monoisotopic (exact) mass is 276 g/mol. The van der Waals surface area contributed by atoms with Crippen LogP contribution >= 0.6 is 0 Å². The Morgan fingerprint density at radius 2 is 1.75 bits per heavy atom. The number of fused-ring (bicyclic) bond motifs is 1. The molecule has 0 fully saturated rings. The van der Waals surface area contributed by atoms with Crippen molar-refractivity contribution in [3.05, 3.63) is 35.4 Å². The van der Waals surface area contributed by atoms with Crippen LogP contribution in [0.1, 0.15) is 33.6 Å². The van der Waals surface area contributed by atoms with Crippen LogP contribution in [0, 0.1) is 0 Å². The van der Waals surface area contributed by atoms with Crippen LogP contribution in [0.5, 0.6) is 0 Å². The van der Waals surface area contributed by atoms with Crippen molar-refractivity contribution in [3.8, 4) is 0 Å². The number of alkyl carbamates (subject to hydrolysis) is 1. The Kier molecular flexibility index (Phi) is 4.34. The van der Waals surface area contributed by atoms with E-state index in [9.17, 15) is 14.4 Å². The van der Waals surface area contributed by atoms with E-state index in [2.05, 4.69) is 5.32 Å². The molecule has 0 aliphatic carbocycles. The molecule has 0 saturated carbocycles. The lowest BCUT2D eigenvalue weighted by atomic mass is 10.1. The summed E-state index contributed by atoms with van der Waals surface area (Å²) in [5.74, 6) is -0.504. The number of nitrogens with zero attached hydrogens (tertiary/aromatic N) is 1. The van der Waals surface area contributed by atoms with Crippen molar-refractivity contribution in [1.29, 1.82) is 0 Å². The van der Waals surface area contributed by atoms with Crippen LogP contribution in [0.2, 0.25) is 0 Å². The highest BCUT2D eigenvalue weighted by Gasteiger charge is 2.34. The summed E-state index contributed by atoms with van der Waals surface area (Å²) in [5.41, 5.74) is 0.915. The number of ether oxygens (including phenoxy) is 1. The number of benzene rings is 1. The van der Waals surface area contributed by atoms with Gasteiger partial charge in [-0.25, -0.2) is 4.79 Å². The van der Waals surface area contributed by atoms with Gasteiger partial charge in [-0.3, -0.25) is 14.5 Å². The van der Waals surface area contributed by atoms with Gasteiger partial charge in [0.25, 0.3) is 11.8 Å². The van der Waals surface area contributed by atoms with Crippen molar-refractivity contribution in [2.24, 2.45) is 0 Å². The number of unbranched alkanes of at least 4 members (excludes halogenated alkanes) is 1. The van der Waals surface area contributed by atoms with Gasteiger partial charge in [0, 0.05) is 13.6 Å². The molecule has 1 N–H and O–H groups in total. The lowest BCUT2D eigenvalue weighted by molar-refractivity contribution is 0.0646. The predicted molar refractivity (Wildman–Crippen MR) is 71.5 cm³/mol. The van der Waals surface area contributed by atoms with E-state index in [1.807, 2.05) is 0 Å². The molecule has 0 spiro atoms. The van der Waals surface area contributed by atoms with Gasteiger partial charge < -0.3 is 10.1 Å². The highest BCUT2D eigenvalue weighted by Crippen LogP contribution is 2.22. The number of carbonyl (C=O) groups is 3. The zero-order valence-corrected chi connectivity index (χ0v) is 11.2. The summed E-state index contributed by atoms with van der Waals surface area (Å²) in [6.07, 6.45) is 0.717. The quantitative estimate of drug-likeness (QED) is 0.652. The average Bonchev–Trinajstić information content (AvgIpc) is 2.71. The van der Waals surface area contributed by atoms with E-state index in [0.29, 0.717) is 30.5 Å². The van der Waals surface area contributed by atoms with Gasteiger partial charge in [-0.2, -0.15) is 0 Å². The van der Waals surface area contributed by atoms with Crippen LogP contribution in [0.25, 0.3) is 0 Å². The maximum atomic E-state index is 12.0. The van der Waals surface area contributed by atoms with Crippen LogP contribution in [-0.4, -0.2) is 43.0 Å². The molecule has 1 aromatic rings. The normalized spacial score (nSPS) is 13.3. The second-order valence-corrected chi connectivity index (χ2v) is 4.40. The van der Waals surface area contributed by atoms with Gasteiger partial charge in [0.05, 0.1) is 17.7 Å². The summed E-state index contributed by atoms with van der Waals surface area (Å²) in [6, 6.07) is 6.80. The highest BCUT2D eigenvalue weighted by atomic mass is 16.5. The summed E-state index contributed by atoms with van der Waals surface area (Å²) >= 11 is 0. The van der Waals surface area contributed by atoms with Gasteiger partial charge in [0.15, 0.2) is 0 Å². The van der Waals surface area contributed by atoms with Crippen LogP contribution in [0.3, 0.4) is 0 Å². The van der Waals surface area contributed by atoms with Gasteiger partial charge in [-0.1, -0.05) is 12.1 Å². The Bertz CT molecular complexity index is 507. The molecule has 1 heterocycles. The number of hydrogen-bond donors (Lipinski definition) is 1. The average molecular weight is 276 g/mol. The highest BCUT2D eigenvalue weighted by molar-refractivity contribution is 6.21. The molecule has 1 aliphatic rings. The maximum absolute atomic E-state index is 12.0. The second-order valence-electron chi connectivity index (χ2n) is 4.40. The Hall–Kier alpha value is -2.37. The van der Waals surface area contributed by atoms with E-state index in [-0.39, 0.29) is 18.4 Å². The first-order valence-corrected chi connectivity index (χ1v) is 6.45. The van der Waals surface area contributed by atoms with E-state index in [1.165, 1.54) is 11.9 Å². The number of amides is 3. The van der Waals surface area contributed by atoms with Crippen molar-refractivity contribution in [2.75, 3.05) is 20.2 Å². The van der Waals surface area contributed by atoms with Crippen LogP contribution in [0.15, 0.2) is 24.3 Å². The summed E-state index contributed by atoms with van der Waals surface area (Å²) in [6.45, 7) is 0.603. The lowest BCUT2D eigenvalue weighted by Crippen LogP contribution is -2.31. The van der Waals surface area contributed by atoms with Crippen LogP contribution in [0.4, 0.5) is 4.79 Å². The molecule has 1 aromatic carbocycles. The fourth-order valence-electron chi connectivity index (χ4n) is 2.05. The zero-order chi connectivity index (χ0) is 14.5. The third-order valence-corrected chi connectivity index (χ3v) is 3.09. The van der Waals surface area contributed by atoms with E-state index in [0.717, 1.165) is 0 Å². The Morgan fingerprint density at radius 3 is 2.30 bits per heavy atom. The van der Waals surface area contributed by atoms with Crippen molar-refractivity contribution < 1.29 is 19.1 Å². The fraction of sp³-hybridized carbons (Fsp3) is 0.357. The standard InChI is InChI=1S/C14H16N2O4/c1-15-14(19)20-9-5-4-8-16-12(17)10-6-2-3-7-11(10)13(16)18/h2-3,6-7H,4-5,8-9H2,1H3,(H,15,19). The number of carbonyl (C=O) groups excluding carboxylic acids is 3. The molecule has 1 aliphatic heterocycles. The van der Waals surface area contributed by atoms with Gasteiger partial charge in [0.1, 0.15) is 0 Å². The molecular weight excluding hydrogens is 260 g/mol. The molecule has 0 unspecified atom stereocenters. The summed E-state index contributed by atoms with van der Waals surface area (Å²) in [7, 11) is 1.49. The molecule has 0 radical (unpaired) electrons. The molecule has 6 heteroatoms. The number of hydrogen-bond acceptors (Lipinski definition) is 4. The van der Waals surface area contributed by atoms with Gasteiger partial charge >= 0.3 is 6.09 Å². The second kappa shape index (κ2) is 6.18. The van der Waals surface area contributed by atoms with E-state index in [4.69, 9.17) is 4.74 Å². The lowest BCUT2D eigenvalue weighted by Gasteiger charge is -2.13. The molecule has 0 atom stereocenters. The molecule has 6 nitrogen and oxygen atoms in total. The Balaban J connectivity index is 1.82. The smallest absolute Gasteiger partial charge is 0.406 e. The largest absolute Gasteiger partial charge is 0.450 e. The Labute approximate surface area is 116 Å². The molecule has 0 aromatic heterocycles. The molecule has 2 rings (SSSR count). The first kappa shape index (κ1) is 14.0. The first-order chi connectivity index (χ1) is 9.65. The van der Waals surface area contributed by atoms with Crippen LogP contribution < -0.4 is 5.32 Å². The molecule has 106 valence electrons. The number of rotatable bonds is 5. The molecular formula is C14H16N2O4. The minimum Gasteiger partial charge on any atom is -0.450 e. The van der Waals surface area contributed by atoms with Crippen molar-refractivity contribution in [1.82, 2.24) is 10.2 Å². The van der Waals surface area contributed by atoms with Crippen LogP contribution in [-0.2, 0) is 4.74 Å². The van der Waals surface area contributed by atoms with Crippen molar-refractivity contribution in [2.45, 2.75) is 12.8 Å². The zero-order valence-electron chi connectivity index (χ0n) is 11.2. The third-order valence-electron chi connectivity index (χ3n) is 3.09. The third kappa shape index (κ3) is 2.79. The minimum absolute atomic E-state index is 0.252. The van der Waals surface area contributed by atoms with Gasteiger partial charge in [-0.15, -0.1) is 0 Å². The molecule has 20 heavy (non-hydrogen) atoms. The summed E-state index contributed by atoms with van der Waals surface area (Å²) < 4.78 is 4.83. The van der Waals surface area contributed by atoms with E-state index >= 15 is 0 Å². The summed E-state index contributed by atoms with van der Waals surface area (Å²) in [4.78, 5) is 36.1. The number of imide groups is 1. The molecule has 3 amide bonds. The van der Waals surface area contributed by atoms with Gasteiger partial charge in [0.2, 0.25) is 0 Å².